The van der Waals surface area contributed by atoms with Crippen molar-refractivity contribution in [3.8, 4) is 0 Å². The topological polar surface area (TPSA) is 19.4 Å². The monoisotopic (exact) mass is 337 g/mol. The molecule has 2 heterocycles. The molecular formula is C20H23N3S. The third kappa shape index (κ3) is 3.04. The van der Waals surface area contributed by atoms with Gasteiger partial charge in [0.15, 0.2) is 0 Å². The summed E-state index contributed by atoms with van der Waals surface area (Å²) < 4.78 is 1.29. The molecule has 4 heteroatoms. The van der Waals surface area contributed by atoms with Gasteiger partial charge in [0, 0.05) is 31.9 Å². The number of aryl methyl sites for hydroxylation is 1. The van der Waals surface area contributed by atoms with Gasteiger partial charge in [0.25, 0.3) is 0 Å². The lowest BCUT2D eigenvalue weighted by atomic mass is 10.1. The highest BCUT2D eigenvalue weighted by Crippen LogP contribution is 2.26. The Hall–Kier alpha value is -1.91. The van der Waals surface area contributed by atoms with Crippen LogP contribution in [0.4, 0.5) is 5.69 Å². The van der Waals surface area contributed by atoms with Gasteiger partial charge >= 0.3 is 0 Å². The quantitative estimate of drug-likeness (QED) is 0.713. The summed E-state index contributed by atoms with van der Waals surface area (Å²) in [4.78, 5) is 9.83. The number of thiazole rings is 1. The van der Waals surface area contributed by atoms with E-state index in [9.17, 15) is 0 Å². The van der Waals surface area contributed by atoms with Crippen LogP contribution in [0.3, 0.4) is 0 Å². The van der Waals surface area contributed by atoms with Crippen LogP contribution in [0.5, 0.6) is 0 Å². The molecule has 1 aliphatic heterocycles. The lowest BCUT2D eigenvalue weighted by molar-refractivity contribution is 0.249. The van der Waals surface area contributed by atoms with E-state index in [-0.39, 0.29) is 0 Å². The molecule has 0 saturated carbocycles. The first kappa shape index (κ1) is 15.6. The number of piperazine rings is 1. The second-order valence-corrected chi connectivity index (χ2v) is 7.67. The molecule has 3 nitrogen and oxygen atoms in total. The summed E-state index contributed by atoms with van der Waals surface area (Å²) in [5, 5.41) is 1.23. The van der Waals surface area contributed by atoms with E-state index in [1.807, 2.05) is 11.3 Å². The van der Waals surface area contributed by atoms with Gasteiger partial charge in [-0.2, -0.15) is 0 Å². The maximum absolute atomic E-state index is 4.77. The summed E-state index contributed by atoms with van der Waals surface area (Å²) in [6, 6.07) is 15.0. The van der Waals surface area contributed by atoms with Crippen LogP contribution < -0.4 is 4.90 Å². The molecule has 0 aliphatic carbocycles. The van der Waals surface area contributed by atoms with Crippen molar-refractivity contribution in [1.82, 2.24) is 9.88 Å². The van der Waals surface area contributed by atoms with Gasteiger partial charge in [-0.3, -0.25) is 4.90 Å². The van der Waals surface area contributed by atoms with Crippen molar-refractivity contribution in [1.29, 1.82) is 0 Å². The molecule has 4 rings (SSSR count). The van der Waals surface area contributed by atoms with Gasteiger partial charge in [-0.25, -0.2) is 4.98 Å². The number of benzene rings is 2. The Morgan fingerprint density at radius 1 is 0.958 bits per heavy atom. The molecule has 0 spiro atoms. The van der Waals surface area contributed by atoms with Gasteiger partial charge in [0.1, 0.15) is 5.01 Å². The van der Waals surface area contributed by atoms with Crippen molar-refractivity contribution < 1.29 is 0 Å². The summed E-state index contributed by atoms with van der Waals surface area (Å²) in [6.45, 7) is 9.79. The van der Waals surface area contributed by atoms with Crippen LogP contribution >= 0.6 is 11.3 Å². The predicted molar refractivity (Wildman–Crippen MR) is 103 cm³/mol. The molecule has 1 aromatic heterocycles. The summed E-state index contributed by atoms with van der Waals surface area (Å²) in [7, 11) is 0. The van der Waals surface area contributed by atoms with Gasteiger partial charge in [0.2, 0.25) is 0 Å². The Labute approximate surface area is 147 Å². The van der Waals surface area contributed by atoms with Crippen LogP contribution in [0, 0.1) is 13.8 Å². The fourth-order valence-electron chi connectivity index (χ4n) is 3.40. The normalized spacial score (nSPS) is 16.0. The molecule has 0 atom stereocenters. The predicted octanol–water partition coefficient (Wildman–Crippen LogP) is 4.24. The third-order valence-electron chi connectivity index (χ3n) is 4.99. The summed E-state index contributed by atoms with van der Waals surface area (Å²) in [6.07, 6.45) is 0. The highest BCUT2D eigenvalue weighted by molar-refractivity contribution is 7.18. The Morgan fingerprint density at radius 3 is 2.54 bits per heavy atom. The largest absolute Gasteiger partial charge is 0.369 e. The van der Waals surface area contributed by atoms with E-state index >= 15 is 0 Å². The van der Waals surface area contributed by atoms with E-state index in [0.717, 1.165) is 38.2 Å². The lowest BCUT2D eigenvalue weighted by Crippen LogP contribution is -2.46. The zero-order chi connectivity index (χ0) is 16.5. The minimum absolute atomic E-state index is 0.972. The summed E-state index contributed by atoms with van der Waals surface area (Å²) >= 11 is 1.83. The van der Waals surface area contributed by atoms with E-state index in [4.69, 9.17) is 4.98 Å². The first-order valence-corrected chi connectivity index (χ1v) is 9.40. The minimum Gasteiger partial charge on any atom is -0.369 e. The van der Waals surface area contributed by atoms with Crippen molar-refractivity contribution in [3.63, 3.8) is 0 Å². The standard InChI is InChI=1S/C20H23N3S/c1-15-6-5-8-18(16(15)2)23-12-10-22(11-13-23)14-20-21-17-7-3-4-9-19(17)24-20/h3-9H,10-14H2,1-2H3. The van der Waals surface area contributed by atoms with Gasteiger partial charge in [0.05, 0.1) is 16.8 Å². The van der Waals surface area contributed by atoms with E-state index in [0.29, 0.717) is 0 Å². The van der Waals surface area contributed by atoms with Crippen LogP contribution in [0.25, 0.3) is 10.2 Å². The van der Waals surface area contributed by atoms with Gasteiger partial charge in [-0.15, -0.1) is 11.3 Å². The zero-order valence-corrected chi connectivity index (χ0v) is 15.1. The number of hydrogen-bond donors (Lipinski definition) is 0. The van der Waals surface area contributed by atoms with E-state index in [2.05, 4.69) is 66.1 Å². The molecule has 3 aromatic rings. The fourth-order valence-corrected chi connectivity index (χ4v) is 4.41. The zero-order valence-electron chi connectivity index (χ0n) is 14.3. The molecule has 0 amide bonds. The van der Waals surface area contributed by atoms with Crippen LogP contribution in [-0.4, -0.2) is 36.1 Å². The Bertz CT molecular complexity index is 814. The van der Waals surface area contributed by atoms with Crippen LogP contribution in [-0.2, 0) is 6.54 Å². The SMILES string of the molecule is Cc1cccc(N2CCN(Cc3nc4ccccc4s3)CC2)c1C. The van der Waals surface area contributed by atoms with E-state index in [1.54, 1.807) is 0 Å². The highest BCUT2D eigenvalue weighted by atomic mass is 32.1. The first-order chi connectivity index (χ1) is 11.7. The second-order valence-electron chi connectivity index (χ2n) is 6.56. The maximum Gasteiger partial charge on any atom is 0.108 e. The Balaban J connectivity index is 1.41. The highest BCUT2D eigenvalue weighted by Gasteiger charge is 2.19. The van der Waals surface area contributed by atoms with Crippen molar-refractivity contribution in [2.75, 3.05) is 31.1 Å². The molecule has 0 N–H and O–H groups in total. The first-order valence-electron chi connectivity index (χ1n) is 8.59. The lowest BCUT2D eigenvalue weighted by Gasteiger charge is -2.36. The van der Waals surface area contributed by atoms with E-state index < -0.39 is 0 Å². The number of aromatic nitrogens is 1. The number of anilines is 1. The van der Waals surface area contributed by atoms with Crippen molar-refractivity contribution >= 4 is 27.2 Å². The Morgan fingerprint density at radius 2 is 1.75 bits per heavy atom. The van der Waals surface area contributed by atoms with Gasteiger partial charge in [-0.1, -0.05) is 24.3 Å². The van der Waals surface area contributed by atoms with Crippen molar-refractivity contribution in [2.24, 2.45) is 0 Å². The maximum atomic E-state index is 4.77. The molecule has 0 unspecified atom stereocenters. The number of hydrogen-bond acceptors (Lipinski definition) is 4. The van der Waals surface area contributed by atoms with Crippen LogP contribution in [0.15, 0.2) is 42.5 Å². The van der Waals surface area contributed by atoms with Crippen molar-refractivity contribution in [2.45, 2.75) is 20.4 Å². The fraction of sp³-hybridized carbons (Fsp3) is 0.350. The molecule has 1 saturated heterocycles. The molecule has 0 radical (unpaired) electrons. The summed E-state index contributed by atoms with van der Waals surface area (Å²) in [5.74, 6) is 0. The average Bonchev–Trinajstić information content (AvgIpc) is 3.00. The third-order valence-corrected chi connectivity index (χ3v) is 6.01. The van der Waals surface area contributed by atoms with Crippen LogP contribution in [0.2, 0.25) is 0 Å². The number of fused-ring (bicyclic) bond motifs is 1. The molecule has 1 fully saturated rings. The molecule has 2 aromatic carbocycles. The molecule has 0 bridgehead atoms. The second kappa shape index (κ2) is 6.54. The molecule has 1 aliphatic rings. The van der Waals surface area contributed by atoms with E-state index in [1.165, 1.54) is 26.5 Å². The van der Waals surface area contributed by atoms with Gasteiger partial charge in [-0.05, 0) is 43.2 Å². The number of para-hydroxylation sites is 1. The average molecular weight is 337 g/mol. The number of nitrogens with zero attached hydrogens (tertiary/aromatic N) is 3. The minimum atomic E-state index is 0.972. The number of rotatable bonds is 3. The molecular weight excluding hydrogens is 314 g/mol. The van der Waals surface area contributed by atoms with Crippen LogP contribution in [0.1, 0.15) is 16.1 Å². The van der Waals surface area contributed by atoms with Gasteiger partial charge < -0.3 is 4.90 Å². The van der Waals surface area contributed by atoms with Crippen molar-refractivity contribution in [3.05, 3.63) is 58.6 Å². The summed E-state index contributed by atoms with van der Waals surface area (Å²) in [5.41, 5.74) is 5.32. The molecule has 24 heavy (non-hydrogen) atoms. The Kier molecular flexibility index (Phi) is 4.25. The molecule has 124 valence electrons. The smallest absolute Gasteiger partial charge is 0.108 e.